The maximum atomic E-state index is 5.89. The Labute approximate surface area is 127 Å². The molecule has 1 aromatic heterocycles. The van der Waals surface area contributed by atoms with Crippen LogP contribution in [0.4, 0.5) is 0 Å². The van der Waals surface area contributed by atoms with Crippen LogP contribution in [0.5, 0.6) is 11.5 Å². The zero-order valence-corrected chi connectivity index (χ0v) is 13.3. The lowest BCUT2D eigenvalue weighted by atomic mass is 10.1. The molecule has 0 bridgehead atoms. The molecule has 21 heavy (non-hydrogen) atoms. The van der Waals surface area contributed by atoms with E-state index in [2.05, 4.69) is 44.1 Å². The molecule has 0 aliphatic rings. The van der Waals surface area contributed by atoms with Gasteiger partial charge < -0.3 is 10.1 Å². The van der Waals surface area contributed by atoms with Gasteiger partial charge in [-0.1, -0.05) is 19.9 Å². The fraction of sp³-hybridized carbons (Fsp3) is 0.389. The summed E-state index contributed by atoms with van der Waals surface area (Å²) < 4.78 is 5.89. The van der Waals surface area contributed by atoms with E-state index in [1.54, 1.807) is 6.20 Å². The lowest BCUT2D eigenvalue weighted by Crippen LogP contribution is -2.20. The Morgan fingerprint density at radius 1 is 1.05 bits per heavy atom. The molecule has 3 nitrogen and oxygen atoms in total. The third kappa shape index (κ3) is 4.30. The van der Waals surface area contributed by atoms with E-state index < -0.39 is 0 Å². The van der Waals surface area contributed by atoms with E-state index in [9.17, 15) is 0 Å². The number of rotatable bonds is 6. The van der Waals surface area contributed by atoms with Crippen LogP contribution in [0.2, 0.25) is 0 Å². The minimum absolute atomic E-state index is 0.310. The van der Waals surface area contributed by atoms with E-state index in [-0.39, 0.29) is 0 Å². The number of nitrogens with one attached hydrogen (secondary N) is 1. The highest BCUT2D eigenvalue weighted by atomic mass is 16.5. The predicted octanol–water partition coefficient (Wildman–Crippen LogP) is 4.55. The second kappa shape index (κ2) is 7.23. The molecule has 0 amide bonds. The van der Waals surface area contributed by atoms with E-state index in [0.717, 1.165) is 30.2 Å². The Hall–Kier alpha value is -1.87. The zero-order chi connectivity index (χ0) is 15.2. The summed E-state index contributed by atoms with van der Waals surface area (Å²) in [6.07, 6.45) is 2.82. The standard InChI is InChI=1S/C18H24N2O/c1-5-17(19-6-2)18-8-7-15(12-20-18)21-16-10-13(3)9-14(4)11-16/h7-12,17,19H,5-6H2,1-4H3. The summed E-state index contributed by atoms with van der Waals surface area (Å²) in [6.45, 7) is 9.36. The number of nitrogens with zero attached hydrogens (tertiary/aromatic N) is 1. The second-order valence-electron chi connectivity index (χ2n) is 5.36. The highest BCUT2D eigenvalue weighted by Gasteiger charge is 2.09. The minimum Gasteiger partial charge on any atom is -0.456 e. The van der Waals surface area contributed by atoms with Crippen molar-refractivity contribution in [2.45, 2.75) is 40.2 Å². The first-order chi connectivity index (χ1) is 10.1. The molecule has 1 unspecified atom stereocenters. The molecule has 0 spiro atoms. The predicted molar refractivity (Wildman–Crippen MR) is 86.9 cm³/mol. The molecule has 0 fully saturated rings. The number of aromatic nitrogens is 1. The molecule has 1 heterocycles. The maximum absolute atomic E-state index is 5.89. The van der Waals surface area contributed by atoms with Crippen molar-refractivity contribution in [3.8, 4) is 11.5 Å². The quantitative estimate of drug-likeness (QED) is 0.845. The minimum atomic E-state index is 0.310. The van der Waals surface area contributed by atoms with Gasteiger partial charge >= 0.3 is 0 Å². The monoisotopic (exact) mass is 284 g/mol. The maximum Gasteiger partial charge on any atom is 0.145 e. The molecule has 2 rings (SSSR count). The van der Waals surface area contributed by atoms with Gasteiger partial charge in [-0.05, 0) is 62.2 Å². The lowest BCUT2D eigenvalue weighted by molar-refractivity contribution is 0.475. The van der Waals surface area contributed by atoms with Crippen molar-refractivity contribution >= 4 is 0 Å². The lowest BCUT2D eigenvalue weighted by Gasteiger charge is -2.15. The van der Waals surface area contributed by atoms with Gasteiger partial charge in [-0.2, -0.15) is 0 Å². The molecule has 1 atom stereocenters. The van der Waals surface area contributed by atoms with E-state index in [1.165, 1.54) is 11.1 Å². The molecule has 0 radical (unpaired) electrons. The highest BCUT2D eigenvalue weighted by Crippen LogP contribution is 2.24. The van der Waals surface area contributed by atoms with Gasteiger partial charge in [0, 0.05) is 6.04 Å². The van der Waals surface area contributed by atoms with Crippen LogP contribution in [-0.2, 0) is 0 Å². The molecule has 0 aliphatic heterocycles. The van der Waals surface area contributed by atoms with Gasteiger partial charge in [-0.15, -0.1) is 0 Å². The van der Waals surface area contributed by atoms with Crippen molar-refractivity contribution in [3.05, 3.63) is 53.3 Å². The van der Waals surface area contributed by atoms with E-state index >= 15 is 0 Å². The largest absolute Gasteiger partial charge is 0.456 e. The summed E-state index contributed by atoms with van der Waals surface area (Å²) in [4.78, 5) is 4.52. The van der Waals surface area contributed by atoms with Gasteiger partial charge in [0.05, 0.1) is 11.9 Å². The Bertz CT molecular complexity index is 558. The average molecular weight is 284 g/mol. The SMILES string of the molecule is CCNC(CC)c1ccc(Oc2cc(C)cc(C)c2)cn1. The summed E-state index contributed by atoms with van der Waals surface area (Å²) in [5, 5.41) is 3.43. The molecule has 0 saturated heterocycles. The van der Waals surface area contributed by atoms with Crippen LogP contribution >= 0.6 is 0 Å². The molecule has 112 valence electrons. The van der Waals surface area contributed by atoms with Crippen molar-refractivity contribution in [1.29, 1.82) is 0 Å². The fourth-order valence-electron chi connectivity index (χ4n) is 2.49. The summed E-state index contributed by atoms with van der Waals surface area (Å²) in [5.74, 6) is 1.64. The smallest absolute Gasteiger partial charge is 0.145 e. The van der Waals surface area contributed by atoms with Crippen LogP contribution in [0.15, 0.2) is 36.5 Å². The van der Waals surface area contributed by atoms with Crippen LogP contribution in [0, 0.1) is 13.8 Å². The van der Waals surface area contributed by atoms with E-state index in [4.69, 9.17) is 4.74 Å². The molecule has 0 saturated carbocycles. The van der Waals surface area contributed by atoms with Crippen molar-refractivity contribution in [2.24, 2.45) is 0 Å². The molecule has 2 aromatic rings. The topological polar surface area (TPSA) is 34.1 Å². The third-order valence-corrected chi connectivity index (χ3v) is 3.41. The third-order valence-electron chi connectivity index (χ3n) is 3.41. The summed E-state index contributed by atoms with van der Waals surface area (Å²) in [6, 6.07) is 10.5. The summed E-state index contributed by atoms with van der Waals surface area (Å²) in [5.41, 5.74) is 3.47. The molecular formula is C18H24N2O. The number of pyridine rings is 1. The molecule has 3 heteroatoms. The average Bonchev–Trinajstić information content (AvgIpc) is 2.45. The van der Waals surface area contributed by atoms with Gasteiger partial charge in [0.25, 0.3) is 0 Å². The molecular weight excluding hydrogens is 260 g/mol. The van der Waals surface area contributed by atoms with Crippen molar-refractivity contribution in [2.75, 3.05) is 6.54 Å². The van der Waals surface area contributed by atoms with Gasteiger partial charge in [-0.25, -0.2) is 0 Å². The van der Waals surface area contributed by atoms with Crippen LogP contribution in [-0.4, -0.2) is 11.5 Å². The molecule has 1 N–H and O–H groups in total. The van der Waals surface area contributed by atoms with Crippen LogP contribution in [0.25, 0.3) is 0 Å². The first-order valence-electron chi connectivity index (χ1n) is 7.57. The summed E-state index contributed by atoms with van der Waals surface area (Å²) in [7, 11) is 0. The highest BCUT2D eigenvalue weighted by molar-refractivity contribution is 5.36. The zero-order valence-electron chi connectivity index (χ0n) is 13.3. The first kappa shape index (κ1) is 15.5. The number of benzene rings is 1. The molecule has 0 aliphatic carbocycles. The van der Waals surface area contributed by atoms with Crippen molar-refractivity contribution < 1.29 is 4.74 Å². The van der Waals surface area contributed by atoms with Gasteiger partial charge in [0.1, 0.15) is 11.5 Å². The molecule has 1 aromatic carbocycles. The first-order valence-corrected chi connectivity index (χ1v) is 7.57. The Morgan fingerprint density at radius 2 is 1.76 bits per heavy atom. The van der Waals surface area contributed by atoms with Crippen LogP contribution in [0.1, 0.15) is 43.1 Å². The van der Waals surface area contributed by atoms with Crippen molar-refractivity contribution in [1.82, 2.24) is 10.3 Å². The van der Waals surface area contributed by atoms with Crippen LogP contribution < -0.4 is 10.1 Å². The van der Waals surface area contributed by atoms with Gasteiger partial charge in [-0.3, -0.25) is 4.98 Å². The normalized spacial score (nSPS) is 12.2. The number of aryl methyl sites for hydroxylation is 2. The number of hydrogen-bond donors (Lipinski definition) is 1. The van der Waals surface area contributed by atoms with Crippen molar-refractivity contribution in [3.63, 3.8) is 0 Å². The fourth-order valence-corrected chi connectivity index (χ4v) is 2.49. The second-order valence-corrected chi connectivity index (χ2v) is 5.36. The van der Waals surface area contributed by atoms with Gasteiger partial charge in [0.15, 0.2) is 0 Å². The summed E-state index contributed by atoms with van der Waals surface area (Å²) >= 11 is 0. The van der Waals surface area contributed by atoms with E-state index in [0.29, 0.717) is 6.04 Å². The van der Waals surface area contributed by atoms with E-state index in [1.807, 2.05) is 24.3 Å². The number of ether oxygens (including phenoxy) is 1. The van der Waals surface area contributed by atoms with Crippen LogP contribution in [0.3, 0.4) is 0 Å². The Morgan fingerprint density at radius 3 is 2.29 bits per heavy atom. The van der Waals surface area contributed by atoms with Gasteiger partial charge in [0.2, 0.25) is 0 Å². The Balaban J connectivity index is 2.11. The number of hydrogen-bond acceptors (Lipinski definition) is 3. The Kier molecular flexibility index (Phi) is 5.34.